The van der Waals surface area contributed by atoms with Gasteiger partial charge >= 0.3 is 0 Å². The second-order valence-corrected chi connectivity index (χ2v) is 4.97. The molecule has 0 aromatic carbocycles. The summed E-state index contributed by atoms with van der Waals surface area (Å²) in [5.41, 5.74) is -0.254. The molecule has 3 heterocycles. The Morgan fingerprint density at radius 1 is 1.47 bits per heavy atom. The highest BCUT2D eigenvalue weighted by molar-refractivity contribution is 7.20. The summed E-state index contributed by atoms with van der Waals surface area (Å²) >= 11 is 0. The second-order valence-electron chi connectivity index (χ2n) is 4.28. The zero-order valence-corrected chi connectivity index (χ0v) is 9.69. The standard InChI is InChI=1S/C9H14BO4P/c10-8-9(2-1-3-12-9)7-6(14-8)4-13-15-5-11-7/h6-8,15H,1-4,10H2/t6?,7-,8?,9+/m1/s1. The van der Waals surface area contributed by atoms with Crippen LogP contribution in [0, 0.1) is 5.81 Å². The van der Waals surface area contributed by atoms with Gasteiger partial charge in [0.05, 0.1) is 12.6 Å². The monoisotopic (exact) mass is 228 g/mol. The summed E-state index contributed by atoms with van der Waals surface area (Å²) in [6.07, 6.45) is 2.06. The first kappa shape index (κ1) is 10.2. The fourth-order valence-electron chi connectivity index (χ4n) is 2.77. The molecule has 0 aromatic rings. The van der Waals surface area contributed by atoms with Gasteiger partial charge in [-0.15, -0.1) is 0 Å². The van der Waals surface area contributed by atoms with Gasteiger partial charge in [-0.25, -0.2) is 0 Å². The van der Waals surface area contributed by atoms with Crippen LogP contribution in [0.4, 0.5) is 0 Å². The smallest absolute Gasteiger partial charge is 0.143 e. The molecule has 0 aromatic heterocycles. The molecule has 82 valence electrons. The van der Waals surface area contributed by atoms with E-state index in [1.165, 1.54) is 0 Å². The van der Waals surface area contributed by atoms with Crippen molar-refractivity contribution < 1.29 is 18.7 Å². The van der Waals surface area contributed by atoms with Crippen molar-refractivity contribution in [2.75, 3.05) is 13.2 Å². The molecular formula is C9H14BO4P. The van der Waals surface area contributed by atoms with Crippen molar-refractivity contribution in [3.63, 3.8) is 0 Å². The number of hydrogen-bond donors (Lipinski definition) is 0. The van der Waals surface area contributed by atoms with E-state index in [9.17, 15) is 0 Å². The van der Waals surface area contributed by atoms with E-state index in [2.05, 4.69) is 13.7 Å². The van der Waals surface area contributed by atoms with Crippen LogP contribution in [0.2, 0.25) is 0 Å². The molecule has 0 amide bonds. The minimum absolute atomic E-state index is 0.000556. The maximum absolute atomic E-state index is 5.90. The number of rotatable bonds is 0. The Labute approximate surface area is 91.2 Å². The molecule has 3 aliphatic rings. The summed E-state index contributed by atoms with van der Waals surface area (Å²) < 4.78 is 22.8. The highest BCUT2D eigenvalue weighted by Gasteiger charge is 2.58. The highest BCUT2D eigenvalue weighted by atomic mass is 31.1. The molecule has 0 N–H and O–H groups in total. The lowest BCUT2D eigenvalue weighted by Gasteiger charge is -2.31. The highest BCUT2D eigenvalue weighted by Crippen LogP contribution is 2.43. The molecule has 2 saturated heterocycles. The number of ether oxygens (including phenoxy) is 3. The van der Waals surface area contributed by atoms with Gasteiger partial charge in [0, 0.05) is 20.7 Å². The molecule has 15 heavy (non-hydrogen) atoms. The Balaban J connectivity index is 1.91. The lowest BCUT2D eigenvalue weighted by molar-refractivity contribution is -0.0735. The first-order valence-corrected chi connectivity index (χ1v) is 6.30. The van der Waals surface area contributed by atoms with Crippen molar-refractivity contribution in [2.45, 2.75) is 36.7 Å². The predicted molar refractivity (Wildman–Crippen MR) is 58.2 cm³/mol. The van der Waals surface area contributed by atoms with Crippen LogP contribution in [-0.4, -0.2) is 44.9 Å². The minimum atomic E-state index is -0.254. The summed E-state index contributed by atoms with van der Waals surface area (Å²) in [5.74, 6) is 2.84. The van der Waals surface area contributed by atoms with E-state index in [4.69, 9.17) is 18.7 Å². The maximum Gasteiger partial charge on any atom is 0.143 e. The van der Waals surface area contributed by atoms with Crippen LogP contribution in [0.3, 0.4) is 0 Å². The second kappa shape index (κ2) is 3.78. The van der Waals surface area contributed by atoms with Crippen LogP contribution in [0.1, 0.15) is 12.8 Å². The molecule has 1 spiro atoms. The fraction of sp³-hybridized carbons (Fsp3) is 0.889. The zero-order chi connectivity index (χ0) is 10.3. The minimum Gasteiger partial charge on any atom is -0.376 e. The molecule has 0 bridgehead atoms. The van der Waals surface area contributed by atoms with Gasteiger partial charge in [-0.1, -0.05) is 0 Å². The lowest BCUT2D eigenvalue weighted by Crippen LogP contribution is -2.49. The van der Waals surface area contributed by atoms with Gasteiger partial charge in [0.2, 0.25) is 0 Å². The quantitative estimate of drug-likeness (QED) is 0.425. The first-order chi connectivity index (χ1) is 7.33. The Morgan fingerprint density at radius 3 is 3.20 bits per heavy atom. The van der Waals surface area contributed by atoms with Gasteiger partial charge in [-0.3, -0.25) is 4.74 Å². The number of fused-ring (bicyclic) bond motifs is 2. The van der Waals surface area contributed by atoms with Crippen molar-refractivity contribution in [1.29, 1.82) is 0 Å². The van der Waals surface area contributed by atoms with E-state index in [0.29, 0.717) is 6.61 Å². The summed E-state index contributed by atoms with van der Waals surface area (Å²) in [6, 6.07) is 0.0850. The first-order valence-electron chi connectivity index (χ1n) is 5.40. The van der Waals surface area contributed by atoms with Gasteiger partial charge in [0.15, 0.2) is 0 Å². The molecule has 0 radical (unpaired) electrons. The van der Waals surface area contributed by atoms with E-state index in [1.54, 1.807) is 0 Å². The van der Waals surface area contributed by atoms with Crippen molar-refractivity contribution in [3.8, 4) is 5.81 Å². The van der Waals surface area contributed by atoms with Crippen LogP contribution in [0.25, 0.3) is 0 Å². The van der Waals surface area contributed by atoms with E-state index < -0.39 is 0 Å². The Hall–Kier alpha value is -0.0151. The molecule has 2 fully saturated rings. The van der Waals surface area contributed by atoms with E-state index in [0.717, 1.165) is 19.4 Å². The van der Waals surface area contributed by atoms with E-state index in [1.807, 2.05) is 0 Å². The fourth-order valence-corrected chi connectivity index (χ4v) is 3.25. The molecule has 4 nitrogen and oxygen atoms in total. The van der Waals surface area contributed by atoms with Gasteiger partial charge in [-0.05, 0) is 12.8 Å². The average Bonchev–Trinajstić information content (AvgIpc) is 2.72. The van der Waals surface area contributed by atoms with Gasteiger partial charge in [-0.2, -0.15) is 0 Å². The van der Waals surface area contributed by atoms with Crippen molar-refractivity contribution in [1.82, 2.24) is 0 Å². The molecule has 0 saturated carbocycles. The van der Waals surface area contributed by atoms with Crippen molar-refractivity contribution in [3.05, 3.63) is 0 Å². The van der Waals surface area contributed by atoms with Crippen molar-refractivity contribution in [2.24, 2.45) is 0 Å². The van der Waals surface area contributed by atoms with Crippen LogP contribution >= 0.6 is 8.26 Å². The van der Waals surface area contributed by atoms with Crippen molar-refractivity contribution >= 4 is 16.1 Å². The third kappa shape index (κ3) is 1.47. The van der Waals surface area contributed by atoms with E-state index >= 15 is 0 Å². The SMILES string of the molecule is BC1OC2CO[PH]#CO[C@H]2[C@@]12CCCO2. The third-order valence-corrected chi connectivity index (χ3v) is 4.03. The largest absolute Gasteiger partial charge is 0.376 e. The molecule has 6 heteroatoms. The normalized spacial score (nSPS) is 50.0. The summed E-state index contributed by atoms with van der Waals surface area (Å²) in [6.45, 7) is 1.40. The predicted octanol–water partition coefficient (Wildman–Crippen LogP) is -0.181. The Bertz CT molecular complexity index is 320. The molecular weight excluding hydrogens is 214 g/mol. The summed E-state index contributed by atoms with van der Waals surface area (Å²) in [7, 11) is 2.25. The van der Waals surface area contributed by atoms with Crippen LogP contribution in [0.15, 0.2) is 0 Å². The van der Waals surface area contributed by atoms with Gasteiger partial charge in [0.25, 0.3) is 0 Å². The average molecular weight is 228 g/mol. The lowest BCUT2D eigenvalue weighted by atomic mass is 9.78. The maximum atomic E-state index is 5.90. The van der Waals surface area contributed by atoms with Gasteiger partial charge < -0.3 is 14.0 Å². The third-order valence-electron chi connectivity index (χ3n) is 3.52. The van der Waals surface area contributed by atoms with Gasteiger partial charge in [0.1, 0.15) is 25.7 Å². The summed E-state index contributed by atoms with van der Waals surface area (Å²) in [5, 5.41) is 0. The van der Waals surface area contributed by atoms with Crippen LogP contribution in [-0.2, 0) is 18.7 Å². The number of hydrogen-bond acceptors (Lipinski definition) is 4. The molecule has 3 aliphatic heterocycles. The zero-order valence-electron chi connectivity index (χ0n) is 8.69. The molecule has 3 unspecified atom stereocenters. The topological polar surface area (TPSA) is 36.9 Å². The molecule has 3 rings (SSSR count). The van der Waals surface area contributed by atoms with E-state index in [-0.39, 0.29) is 32.1 Å². The summed E-state index contributed by atoms with van der Waals surface area (Å²) in [4.78, 5) is 0. The van der Waals surface area contributed by atoms with Crippen LogP contribution in [0.5, 0.6) is 0 Å². The van der Waals surface area contributed by atoms with Crippen LogP contribution < -0.4 is 0 Å². The Kier molecular flexibility index (Phi) is 2.56. The molecule has 5 atom stereocenters. The Morgan fingerprint density at radius 2 is 2.40 bits per heavy atom. The molecule has 0 aliphatic carbocycles.